The zero-order valence-electron chi connectivity index (χ0n) is 13.9. The van der Waals surface area contributed by atoms with Gasteiger partial charge in [-0.05, 0) is 37.0 Å². The van der Waals surface area contributed by atoms with Gasteiger partial charge in [-0.2, -0.15) is 0 Å². The van der Waals surface area contributed by atoms with Crippen LogP contribution in [0.5, 0.6) is 0 Å². The van der Waals surface area contributed by atoms with Gasteiger partial charge in [0.05, 0.1) is 6.54 Å². The van der Waals surface area contributed by atoms with E-state index in [2.05, 4.69) is 33.2 Å². The van der Waals surface area contributed by atoms with Crippen molar-refractivity contribution in [2.75, 3.05) is 6.54 Å². The van der Waals surface area contributed by atoms with Crippen molar-refractivity contribution in [3.8, 4) is 0 Å². The van der Waals surface area contributed by atoms with Crippen LogP contribution < -0.4 is 0 Å². The molecule has 1 aromatic carbocycles. The van der Waals surface area contributed by atoms with E-state index in [1.54, 1.807) is 4.90 Å². The zero-order valence-corrected chi connectivity index (χ0v) is 13.9. The molecule has 1 rings (SSSR count). The number of ketones is 1. The molecular weight excluding hydrogens is 270 g/mol. The van der Waals surface area contributed by atoms with Gasteiger partial charge in [0.1, 0.15) is 0 Å². The fraction of sp³-hybridized carbons (Fsp3) is 0.250. The molecule has 0 aliphatic rings. The minimum atomic E-state index is 0.0269. The van der Waals surface area contributed by atoms with Crippen LogP contribution in [-0.2, 0) is 0 Å². The highest BCUT2D eigenvalue weighted by molar-refractivity contribution is 5.98. The average molecular weight is 295 g/mol. The third-order valence-corrected chi connectivity index (χ3v) is 3.62. The summed E-state index contributed by atoms with van der Waals surface area (Å²) in [5, 5.41) is 0. The lowest BCUT2D eigenvalue weighted by molar-refractivity contribution is 0.0963. The molecule has 22 heavy (non-hydrogen) atoms. The van der Waals surface area contributed by atoms with Gasteiger partial charge in [-0.1, -0.05) is 57.5 Å². The lowest BCUT2D eigenvalue weighted by Gasteiger charge is -2.26. The van der Waals surface area contributed by atoms with Gasteiger partial charge in [-0.25, -0.2) is 0 Å². The van der Waals surface area contributed by atoms with Gasteiger partial charge in [0.25, 0.3) is 0 Å². The van der Waals surface area contributed by atoms with Crippen molar-refractivity contribution in [1.29, 1.82) is 0 Å². The third-order valence-electron chi connectivity index (χ3n) is 3.62. The van der Waals surface area contributed by atoms with Crippen LogP contribution in [0.2, 0.25) is 0 Å². The Bertz CT molecular complexity index is 620. The highest BCUT2D eigenvalue weighted by Crippen LogP contribution is 2.19. The van der Waals surface area contributed by atoms with Crippen molar-refractivity contribution in [1.82, 2.24) is 4.90 Å². The second-order valence-electron chi connectivity index (χ2n) is 5.51. The van der Waals surface area contributed by atoms with Crippen molar-refractivity contribution in [3.05, 3.63) is 78.7 Å². The first kappa shape index (κ1) is 17.7. The molecule has 2 nitrogen and oxygen atoms in total. The lowest BCUT2D eigenvalue weighted by atomic mass is 10.0. The van der Waals surface area contributed by atoms with Crippen LogP contribution in [0.15, 0.2) is 67.5 Å². The SMILES string of the molecule is C=C(C)C(=C)N(CC(=O)c1ccc(C(=C)CC)cc1)C(=C)C. The maximum Gasteiger partial charge on any atom is 0.182 e. The van der Waals surface area contributed by atoms with E-state index in [-0.39, 0.29) is 12.3 Å². The van der Waals surface area contributed by atoms with Crippen LogP contribution in [0.3, 0.4) is 0 Å². The minimum Gasteiger partial charge on any atom is -0.338 e. The van der Waals surface area contributed by atoms with E-state index in [4.69, 9.17) is 0 Å². The summed E-state index contributed by atoms with van der Waals surface area (Å²) in [6.45, 7) is 21.8. The Morgan fingerprint density at radius 1 is 1.00 bits per heavy atom. The van der Waals surface area contributed by atoms with Crippen molar-refractivity contribution in [3.63, 3.8) is 0 Å². The van der Waals surface area contributed by atoms with Gasteiger partial charge in [-0.15, -0.1) is 0 Å². The first-order chi connectivity index (χ1) is 10.3. The minimum absolute atomic E-state index is 0.0269. The number of allylic oxidation sites excluding steroid dienone is 3. The molecule has 0 fully saturated rings. The molecule has 2 heteroatoms. The van der Waals surface area contributed by atoms with Crippen LogP contribution in [0, 0.1) is 0 Å². The third kappa shape index (κ3) is 4.32. The molecule has 0 N–H and O–H groups in total. The van der Waals surface area contributed by atoms with Crippen LogP contribution in [0.1, 0.15) is 43.1 Å². The van der Waals surface area contributed by atoms with Crippen molar-refractivity contribution >= 4 is 11.4 Å². The fourth-order valence-electron chi connectivity index (χ4n) is 2.02. The largest absolute Gasteiger partial charge is 0.338 e. The number of rotatable bonds is 8. The van der Waals surface area contributed by atoms with E-state index in [1.165, 1.54) is 0 Å². The molecule has 0 aromatic heterocycles. The Morgan fingerprint density at radius 3 is 1.91 bits per heavy atom. The summed E-state index contributed by atoms with van der Waals surface area (Å²) in [4.78, 5) is 14.3. The average Bonchev–Trinajstić information content (AvgIpc) is 2.50. The summed E-state index contributed by atoms with van der Waals surface area (Å²) in [5.74, 6) is 0.0269. The molecular formula is C20H25NO. The summed E-state index contributed by atoms with van der Waals surface area (Å²) in [7, 11) is 0. The normalized spacial score (nSPS) is 9.95. The highest BCUT2D eigenvalue weighted by Gasteiger charge is 2.15. The van der Waals surface area contributed by atoms with Gasteiger partial charge < -0.3 is 4.90 Å². The Hall–Kier alpha value is -2.35. The van der Waals surface area contributed by atoms with Crippen LogP contribution in [-0.4, -0.2) is 17.2 Å². The molecule has 0 spiro atoms. The number of hydrogen-bond acceptors (Lipinski definition) is 2. The van der Waals surface area contributed by atoms with Gasteiger partial charge in [0.15, 0.2) is 5.78 Å². The fourth-order valence-corrected chi connectivity index (χ4v) is 2.02. The standard InChI is InChI=1S/C20H25NO/c1-8-16(6)18-9-11-19(12-10-18)20(22)13-21(15(4)5)17(7)14(2)3/h9-12H,2,4,6-8,13H2,1,3,5H3. The smallest absolute Gasteiger partial charge is 0.182 e. The number of Topliss-reactive ketones (excluding diaryl/α,β-unsaturated/α-hetero) is 1. The molecule has 0 amide bonds. The van der Waals surface area contributed by atoms with Crippen molar-refractivity contribution < 1.29 is 4.79 Å². The molecule has 0 heterocycles. The Labute approximate surface area is 134 Å². The molecule has 0 bridgehead atoms. The summed E-state index contributed by atoms with van der Waals surface area (Å²) >= 11 is 0. The van der Waals surface area contributed by atoms with Crippen LogP contribution >= 0.6 is 0 Å². The van der Waals surface area contributed by atoms with Gasteiger partial charge in [-0.3, -0.25) is 4.79 Å². The van der Waals surface area contributed by atoms with E-state index >= 15 is 0 Å². The molecule has 116 valence electrons. The number of carbonyl (C=O) groups is 1. The number of carbonyl (C=O) groups excluding carboxylic acids is 1. The van der Waals surface area contributed by atoms with Gasteiger partial charge in [0, 0.05) is 17.0 Å². The maximum atomic E-state index is 12.5. The molecule has 0 radical (unpaired) electrons. The zero-order chi connectivity index (χ0) is 16.9. The molecule has 0 saturated carbocycles. The van der Waals surface area contributed by atoms with Gasteiger partial charge >= 0.3 is 0 Å². The first-order valence-electron chi connectivity index (χ1n) is 7.37. The maximum absolute atomic E-state index is 12.5. The van der Waals surface area contributed by atoms with Crippen molar-refractivity contribution in [2.45, 2.75) is 27.2 Å². The lowest BCUT2D eigenvalue weighted by Crippen LogP contribution is -2.27. The second kappa shape index (κ2) is 7.60. The van der Waals surface area contributed by atoms with E-state index in [0.29, 0.717) is 5.56 Å². The topological polar surface area (TPSA) is 20.3 Å². The summed E-state index contributed by atoms with van der Waals surface area (Å²) in [6.07, 6.45) is 0.898. The Balaban J connectivity index is 2.91. The van der Waals surface area contributed by atoms with Gasteiger partial charge in [0.2, 0.25) is 0 Å². The molecule has 0 saturated heterocycles. The number of hydrogen-bond donors (Lipinski definition) is 0. The molecule has 0 aliphatic carbocycles. The van der Waals surface area contributed by atoms with E-state index in [9.17, 15) is 4.79 Å². The molecule has 1 aromatic rings. The second-order valence-corrected chi connectivity index (χ2v) is 5.51. The summed E-state index contributed by atoms with van der Waals surface area (Å²) in [5.41, 5.74) is 5.13. The predicted octanol–water partition coefficient (Wildman–Crippen LogP) is 5.22. The number of benzene rings is 1. The Kier molecular flexibility index (Phi) is 6.11. The van der Waals surface area contributed by atoms with Crippen LogP contribution in [0.25, 0.3) is 5.57 Å². The number of nitrogens with zero attached hydrogens (tertiary/aromatic N) is 1. The molecule has 0 atom stereocenters. The van der Waals surface area contributed by atoms with Crippen LogP contribution in [0.4, 0.5) is 0 Å². The van der Waals surface area contributed by atoms with Crippen molar-refractivity contribution in [2.24, 2.45) is 0 Å². The summed E-state index contributed by atoms with van der Waals surface area (Å²) in [6, 6.07) is 7.58. The highest BCUT2D eigenvalue weighted by atomic mass is 16.1. The van der Waals surface area contributed by atoms with E-state index < -0.39 is 0 Å². The monoisotopic (exact) mass is 295 g/mol. The van der Waals surface area contributed by atoms with E-state index in [0.717, 1.165) is 34.5 Å². The Morgan fingerprint density at radius 2 is 1.50 bits per heavy atom. The first-order valence-corrected chi connectivity index (χ1v) is 7.37. The summed E-state index contributed by atoms with van der Waals surface area (Å²) < 4.78 is 0. The molecule has 0 aliphatic heterocycles. The quantitative estimate of drug-likeness (QED) is 0.484. The van der Waals surface area contributed by atoms with E-state index in [1.807, 2.05) is 38.1 Å². The predicted molar refractivity (Wildman–Crippen MR) is 95.6 cm³/mol. The molecule has 0 unspecified atom stereocenters.